The molecule has 0 aliphatic heterocycles. The van der Waals surface area contributed by atoms with E-state index in [0.29, 0.717) is 34.4 Å². The standard InChI is InChI=1S/C43H39Br2NO2.C36H23BrF2N2O.C36H25BrN2O/c1-42(2,3)32-18-29(19-33(24-32)43(4,5)6)30-22-40(28-12-8-7-9-13-28)46-41(23-30)31-20-38(47-36-16-10-14-34(44)25-36)27-39(21-31)48-37-17-11-15-35(45)26-37;1-22-13-15-27(42-26-8-6-7-23(37)17-26)21-31(22)34-20-25(19-33(40-34)30-16-14-24(38)18-32(30)39)41-35-11-4-2-9-28(35)29-10-3-5-12-36(29)41;1-24-18-19-29(40-28-13-9-12-26(37)20-28)23-32(24)34-22-27(21-33(38-34)25-10-3-2-4-11-25)39-35-16-7-5-14-30(35)31-15-6-8-17-36(31)39/h7-27H,1-6H3;2-21H,1H3;2-23H,1H3. The molecule has 0 saturated heterocycles. The van der Waals surface area contributed by atoms with Crippen LogP contribution in [-0.4, -0.2) is 24.1 Å². The maximum Gasteiger partial charge on any atom is 0.135 e. The Morgan fingerprint density at radius 1 is 0.246 bits per heavy atom. The summed E-state index contributed by atoms with van der Waals surface area (Å²) in [5, 5.41) is 4.69. The highest BCUT2D eigenvalue weighted by Gasteiger charge is 2.25. The van der Waals surface area contributed by atoms with Gasteiger partial charge in [0.05, 0.1) is 67.6 Å². The van der Waals surface area contributed by atoms with Gasteiger partial charge in [-0.3, -0.25) is 0 Å². The van der Waals surface area contributed by atoms with Crippen LogP contribution in [0.15, 0.2) is 400 Å². The van der Waals surface area contributed by atoms with Gasteiger partial charge in [-0.25, -0.2) is 23.7 Å². The first-order chi connectivity index (χ1) is 62.9. The second kappa shape index (κ2) is 37.6. The van der Waals surface area contributed by atoms with E-state index in [0.717, 1.165) is 147 Å². The van der Waals surface area contributed by atoms with E-state index >= 15 is 4.39 Å². The number of pyridine rings is 3. The second-order valence-electron chi connectivity index (χ2n) is 34.1. The van der Waals surface area contributed by atoms with Gasteiger partial charge >= 0.3 is 0 Å². The van der Waals surface area contributed by atoms with Crippen molar-refractivity contribution in [3.63, 3.8) is 0 Å². The molecule has 0 amide bonds. The lowest BCUT2D eigenvalue weighted by molar-refractivity contribution is 0.460. The normalized spacial score (nSPS) is 11.5. The predicted octanol–water partition coefficient (Wildman–Crippen LogP) is 34.8. The minimum absolute atomic E-state index is 0.00902. The fourth-order valence-electron chi connectivity index (χ4n) is 16.2. The third-order valence-corrected chi connectivity index (χ3v) is 24.7. The van der Waals surface area contributed by atoms with Crippen LogP contribution in [0.3, 0.4) is 0 Å². The fraction of sp³-hybridized carbons (Fsp3) is 0.0870. The topological polar surface area (TPSA) is 85.5 Å². The van der Waals surface area contributed by atoms with Crippen LogP contribution < -0.4 is 18.9 Å². The van der Waals surface area contributed by atoms with E-state index in [4.69, 9.17) is 33.9 Å². The molecular formula is C115H87Br4F2N5O4. The lowest BCUT2D eigenvalue weighted by Crippen LogP contribution is -2.16. The number of nitrogens with zero attached hydrogens (tertiary/aromatic N) is 5. The molecule has 15 aromatic carbocycles. The fourth-order valence-corrected chi connectivity index (χ4v) is 17.7. The van der Waals surface area contributed by atoms with Gasteiger partial charge in [0.25, 0.3) is 0 Å². The Balaban J connectivity index is 0.000000132. The molecule has 0 saturated carbocycles. The van der Waals surface area contributed by atoms with Crippen LogP contribution >= 0.6 is 63.7 Å². The highest BCUT2D eigenvalue weighted by Crippen LogP contribution is 2.45. The average molecular weight is 1960 g/mol. The van der Waals surface area contributed by atoms with Gasteiger partial charge < -0.3 is 28.1 Å². The minimum atomic E-state index is -0.670. The molecule has 0 fully saturated rings. The van der Waals surface area contributed by atoms with E-state index in [1.807, 2.05) is 195 Å². The molecule has 0 bridgehead atoms. The summed E-state index contributed by atoms with van der Waals surface area (Å²) in [4.78, 5) is 15.3. The van der Waals surface area contributed by atoms with Crippen molar-refractivity contribution >= 4 is 107 Å². The molecule has 20 aromatic rings. The number of hydrogen-bond donors (Lipinski definition) is 0. The van der Waals surface area contributed by atoms with Crippen molar-refractivity contribution in [2.75, 3.05) is 0 Å². The molecule has 5 heterocycles. The molecule has 0 spiro atoms. The number of aryl methyl sites for hydroxylation is 2. The number of hydrogen-bond acceptors (Lipinski definition) is 7. The summed E-state index contributed by atoms with van der Waals surface area (Å²) in [5.41, 5.74) is 22.9. The van der Waals surface area contributed by atoms with Gasteiger partial charge in [-0.15, -0.1) is 0 Å². The van der Waals surface area contributed by atoms with Crippen LogP contribution in [0.5, 0.6) is 46.0 Å². The van der Waals surface area contributed by atoms with Crippen molar-refractivity contribution in [3.05, 3.63) is 434 Å². The molecule has 0 atom stereocenters. The van der Waals surface area contributed by atoms with E-state index in [1.54, 1.807) is 0 Å². The zero-order valence-electron chi connectivity index (χ0n) is 72.5. The largest absolute Gasteiger partial charge is 0.457 e. The van der Waals surface area contributed by atoms with Crippen molar-refractivity contribution in [2.45, 2.75) is 66.2 Å². The lowest BCUT2D eigenvalue weighted by atomic mass is 9.79. The maximum absolute atomic E-state index is 15.2. The van der Waals surface area contributed by atoms with E-state index in [9.17, 15) is 4.39 Å². The summed E-state index contributed by atoms with van der Waals surface area (Å²) in [5.74, 6) is 4.31. The molecule has 9 nitrogen and oxygen atoms in total. The van der Waals surface area contributed by atoms with Crippen LogP contribution in [0, 0.1) is 25.5 Å². The zero-order chi connectivity index (χ0) is 89.9. The van der Waals surface area contributed by atoms with Crippen LogP contribution in [-0.2, 0) is 10.8 Å². The number of fused-ring (bicyclic) bond motifs is 6. The van der Waals surface area contributed by atoms with Crippen LogP contribution in [0.25, 0.3) is 134 Å². The molecular weight excluding hydrogens is 1870 g/mol. The van der Waals surface area contributed by atoms with Gasteiger partial charge in [0, 0.05) is 84.9 Å². The molecule has 0 radical (unpaired) electrons. The highest BCUT2D eigenvalue weighted by molar-refractivity contribution is 9.11. The Bertz CT molecular complexity index is 7450. The third kappa shape index (κ3) is 19.7. The van der Waals surface area contributed by atoms with Crippen LogP contribution in [0.1, 0.15) is 63.8 Å². The van der Waals surface area contributed by atoms with Gasteiger partial charge in [0.2, 0.25) is 0 Å². The van der Waals surface area contributed by atoms with Gasteiger partial charge in [0.1, 0.15) is 57.6 Å². The van der Waals surface area contributed by atoms with Gasteiger partial charge in [-0.2, -0.15) is 0 Å². The first kappa shape index (κ1) is 87.0. The Morgan fingerprint density at radius 2 is 0.569 bits per heavy atom. The molecule has 130 heavy (non-hydrogen) atoms. The molecule has 15 heteroatoms. The molecule has 0 N–H and O–H groups in total. The van der Waals surface area contributed by atoms with Crippen molar-refractivity contribution in [2.24, 2.45) is 0 Å². The minimum Gasteiger partial charge on any atom is -0.457 e. The summed E-state index contributed by atoms with van der Waals surface area (Å²) in [6.07, 6.45) is 0. The predicted molar refractivity (Wildman–Crippen MR) is 543 cm³/mol. The summed E-state index contributed by atoms with van der Waals surface area (Å²) < 4.78 is 62.6. The molecule has 0 aliphatic carbocycles. The number of para-hydroxylation sites is 4. The molecule has 0 aliphatic rings. The number of halogens is 6. The summed E-state index contributed by atoms with van der Waals surface area (Å²) >= 11 is 14.2. The van der Waals surface area contributed by atoms with Gasteiger partial charge in [0.15, 0.2) is 0 Å². The number of rotatable bonds is 17. The van der Waals surface area contributed by atoms with Crippen LogP contribution in [0.4, 0.5) is 8.78 Å². The van der Waals surface area contributed by atoms with Gasteiger partial charge in [-0.05, 0) is 240 Å². The number of aromatic nitrogens is 5. The monoisotopic (exact) mass is 1960 g/mol. The number of ether oxygens (including phenoxy) is 4. The van der Waals surface area contributed by atoms with E-state index < -0.39 is 11.6 Å². The summed E-state index contributed by atoms with van der Waals surface area (Å²) in [6.45, 7) is 17.8. The number of benzene rings is 15. The van der Waals surface area contributed by atoms with Crippen LogP contribution in [0.2, 0.25) is 0 Å². The first-order valence-corrected chi connectivity index (χ1v) is 45.9. The first-order valence-electron chi connectivity index (χ1n) is 42.8. The summed E-state index contributed by atoms with van der Waals surface area (Å²) in [7, 11) is 0. The van der Waals surface area contributed by atoms with Gasteiger partial charge in [-0.1, -0.05) is 293 Å². The van der Waals surface area contributed by atoms with Crippen molar-refractivity contribution in [1.82, 2.24) is 24.1 Å². The highest BCUT2D eigenvalue weighted by atomic mass is 79.9. The molecule has 20 rings (SSSR count). The maximum atomic E-state index is 15.2. The van der Waals surface area contributed by atoms with E-state index in [-0.39, 0.29) is 16.4 Å². The Kier molecular flexibility index (Phi) is 25.2. The lowest BCUT2D eigenvalue weighted by Gasteiger charge is -2.26. The third-order valence-electron chi connectivity index (χ3n) is 22.7. The Labute approximate surface area is 788 Å². The molecule has 5 aromatic heterocycles. The SMILES string of the molecule is CC(C)(C)c1cc(-c2cc(-c3ccccc3)nc(-c3cc(Oc4cccc(Br)c4)cc(Oc4cccc(Br)c4)c3)c2)cc(C(C)(C)C)c1.Cc1ccc(Oc2cccc(Br)c2)cc1-c1cc(-n2c3ccccc3c3ccccc32)cc(-c2ccc(F)cc2F)n1.Cc1ccc(Oc2cccc(Br)c2)cc1-c1cc(-n2c3ccccc3c3ccccc32)cc(-c2ccccc2)n1. The van der Waals surface area contributed by atoms with Crippen molar-refractivity contribution in [1.29, 1.82) is 0 Å². The quantitative estimate of drug-likeness (QED) is 0.0898. The molecule has 638 valence electrons. The summed E-state index contributed by atoms with van der Waals surface area (Å²) in [6, 6.07) is 127. The second-order valence-corrected chi connectivity index (χ2v) is 37.8. The Morgan fingerprint density at radius 3 is 0.954 bits per heavy atom. The van der Waals surface area contributed by atoms with E-state index in [2.05, 4.69) is 297 Å². The zero-order valence-corrected chi connectivity index (χ0v) is 78.9. The average Bonchev–Trinajstić information content (AvgIpc) is 1.59. The molecule has 0 unspecified atom stereocenters. The van der Waals surface area contributed by atoms with Crippen molar-refractivity contribution < 1.29 is 27.7 Å². The smallest absolute Gasteiger partial charge is 0.135 e. The van der Waals surface area contributed by atoms with E-state index in [1.165, 1.54) is 50.6 Å². The van der Waals surface area contributed by atoms with Crippen molar-refractivity contribution in [3.8, 4) is 136 Å². The Hall–Kier alpha value is -13.7.